The highest BCUT2D eigenvalue weighted by molar-refractivity contribution is 6.19. The molecule has 0 aromatic heterocycles. The Balaban J connectivity index is 2.15. The molecule has 0 N–H and O–H groups in total. The Morgan fingerprint density at radius 2 is 1.53 bits per heavy atom. The Hall–Kier alpha value is -2.15. The molecule has 0 aliphatic carbocycles. The standard InChI is InChI=1S/C18H15N/c1-2-7-14-13(6-1)12-17(18-10-5-11-19-18)16-9-4-3-8-15(14)16/h1-4,6-9,12H,5,10-11H2. The maximum atomic E-state index is 4.68. The van der Waals surface area contributed by atoms with Gasteiger partial charge in [0.1, 0.15) is 0 Å². The van der Waals surface area contributed by atoms with E-state index in [1.165, 1.54) is 39.2 Å². The van der Waals surface area contributed by atoms with Gasteiger partial charge in [-0.05, 0) is 40.5 Å². The molecule has 4 rings (SSSR count). The lowest BCUT2D eigenvalue weighted by molar-refractivity contribution is 0.951. The fraction of sp³-hybridized carbons (Fsp3) is 0.167. The van der Waals surface area contributed by atoms with Gasteiger partial charge in [-0.2, -0.15) is 0 Å². The number of benzene rings is 3. The maximum absolute atomic E-state index is 4.68. The van der Waals surface area contributed by atoms with Crippen LogP contribution in [-0.4, -0.2) is 12.3 Å². The monoisotopic (exact) mass is 245 g/mol. The second-order valence-corrected chi connectivity index (χ2v) is 5.12. The first kappa shape index (κ1) is 10.7. The average Bonchev–Trinajstić information content (AvgIpc) is 3.00. The summed E-state index contributed by atoms with van der Waals surface area (Å²) in [5.74, 6) is 0. The molecule has 0 atom stereocenters. The first-order valence-corrected chi connectivity index (χ1v) is 6.88. The molecule has 92 valence electrons. The van der Waals surface area contributed by atoms with Crippen LogP contribution in [0.2, 0.25) is 0 Å². The van der Waals surface area contributed by atoms with E-state index in [1.807, 2.05) is 0 Å². The Labute approximate surface area is 112 Å². The number of hydrogen-bond acceptors (Lipinski definition) is 1. The lowest BCUT2D eigenvalue weighted by atomic mass is 9.94. The molecular weight excluding hydrogens is 230 g/mol. The highest BCUT2D eigenvalue weighted by atomic mass is 14.8. The van der Waals surface area contributed by atoms with Crippen molar-refractivity contribution in [2.45, 2.75) is 12.8 Å². The number of nitrogens with zero attached hydrogens (tertiary/aromatic N) is 1. The van der Waals surface area contributed by atoms with Crippen molar-refractivity contribution in [1.29, 1.82) is 0 Å². The van der Waals surface area contributed by atoms with Crippen LogP contribution in [0.3, 0.4) is 0 Å². The van der Waals surface area contributed by atoms with Crippen LogP contribution in [0.25, 0.3) is 21.5 Å². The van der Waals surface area contributed by atoms with E-state index in [4.69, 9.17) is 0 Å². The lowest BCUT2D eigenvalue weighted by Gasteiger charge is -2.10. The van der Waals surface area contributed by atoms with Crippen molar-refractivity contribution in [2.24, 2.45) is 4.99 Å². The van der Waals surface area contributed by atoms with E-state index in [1.54, 1.807) is 0 Å². The van der Waals surface area contributed by atoms with Gasteiger partial charge in [0, 0.05) is 17.8 Å². The topological polar surface area (TPSA) is 12.4 Å². The molecule has 0 saturated heterocycles. The van der Waals surface area contributed by atoms with E-state index in [0.717, 1.165) is 13.0 Å². The minimum atomic E-state index is 0.983. The summed E-state index contributed by atoms with van der Waals surface area (Å²) >= 11 is 0. The highest BCUT2D eigenvalue weighted by Gasteiger charge is 2.13. The van der Waals surface area contributed by atoms with E-state index in [2.05, 4.69) is 59.6 Å². The second kappa shape index (κ2) is 4.20. The minimum Gasteiger partial charge on any atom is -0.289 e. The van der Waals surface area contributed by atoms with Crippen LogP contribution in [0, 0.1) is 0 Å². The van der Waals surface area contributed by atoms with Crippen molar-refractivity contribution in [2.75, 3.05) is 6.54 Å². The number of rotatable bonds is 1. The Morgan fingerprint density at radius 1 is 0.789 bits per heavy atom. The summed E-state index contributed by atoms with van der Waals surface area (Å²) in [7, 11) is 0. The van der Waals surface area contributed by atoms with Crippen molar-refractivity contribution < 1.29 is 0 Å². The molecule has 0 bridgehead atoms. The molecule has 1 heteroatoms. The molecule has 0 amide bonds. The predicted octanol–water partition coefficient (Wildman–Crippen LogP) is 4.58. The van der Waals surface area contributed by atoms with Gasteiger partial charge in [-0.1, -0.05) is 48.5 Å². The van der Waals surface area contributed by atoms with Crippen LogP contribution in [-0.2, 0) is 0 Å². The van der Waals surface area contributed by atoms with Crippen molar-refractivity contribution in [1.82, 2.24) is 0 Å². The molecule has 0 unspecified atom stereocenters. The molecule has 1 aliphatic rings. The van der Waals surface area contributed by atoms with Gasteiger partial charge >= 0.3 is 0 Å². The summed E-state index contributed by atoms with van der Waals surface area (Å²) in [4.78, 5) is 4.68. The van der Waals surface area contributed by atoms with E-state index in [-0.39, 0.29) is 0 Å². The van der Waals surface area contributed by atoms with Gasteiger partial charge < -0.3 is 0 Å². The quantitative estimate of drug-likeness (QED) is 0.557. The van der Waals surface area contributed by atoms with Crippen LogP contribution >= 0.6 is 0 Å². The molecule has 0 radical (unpaired) electrons. The van der Waals surface area contributed by atoms with E-state index >= 15 is 0 Å². The van der Waals surface area contributed by atoms with E-state index in [0.29, 0.717) is 0 Å². The maximum Gasteiger partial charge on any atom is 0.0427 e. The zero-order valence-corrected chi connectivity index (χ0v) is 10.8. The largest absolute Gasteiger partial charge is 0.289 e. The third kappa shape index (κ3) is 1.66. The Bertz CT molecular complexity index is 799. The number of hydrogen-bond donors (Lipinski definition) is 0. The van der Waals surface area contributed by atoms with Crippen molar-refractivity contribution in [3.05, 3.63) is 60.2 Å². The smallest absolute Gasteiger partial charge is 0.0427 e. The van der Waals surface area contributed by atoms with Crippen LogP contribution < -0.4 is 0 Å². The summed E-state index contributed by atoms with van der Waals surface area (Å²) in [6.45, 7) is 0.983. The van der Waals surface area contributed by atoms with Crippen molar-refractivity contribution in [3.8, 4) is 0 Å². The molecule has 1 heterocycles. The summed E-state index contributed by atoms with van der Waals surface area (Å²) in [6.07, 6.45) is 2.30. The molecular formula is C18H15N. The summed E-state index contributed by atoms with van der Waals surface area (Å²) in [6, 6.07) is 19.6. The minimum absolute atomic E-state index is 0.983. The molecule has 1 nitrogen and oxygen atoms in total. The molecule has 0 spiro atoms. The lowest BCUT2D eigenvalue weighted by Crippen LogP contribution is -1.98. The van der Waals surface area contributed by atoms with Gasteiger partial charge in [-0.25, -0.2) is 0 Å². The zero-order chi connectivity index (χ0) is 12.7. The normalized spacial score (nSPS) is 15.1. The molecule has 3 aromatic rings. The van der Waals surface area contributed by atoms with Crippen molar-refractivity contribution >= 4 is 27.3 Å². The molecule has 3 aromatic carbocycles. The molecule has 19 heavy (non-hydrogen) atoms. The van der Waals surface area contributed by atoms with Gasteiger partial charge in [0.15, 0.2) is 0 Å². The van der Waals surface area contributed by atoms with Gasteiger partial charge in [-0.3, -0.25) is 4.99 Å². The van der Waals surface area contributed by atoms with Crippen LogP contribution in [0.5, 0.6) is 0 Å². The Morgan fingerprint density at radius 3 is 2.32 bits per heavy atom. The first-order chi connectivity index (χ1) is 9.43. The third-order valence-electron chi connectivity index (χ3n) is 3.95. The number of aliphatic imine (C=N–C) groups is 1. The van der Waals surface area contributed by atoms with E-state index in [9.17, 15) is 0 Å². The Kier molecular flexibility index (Phi) is 2.37. The number of fused-ring (bicyclic) bond motifs is 3. The zero-order valence-electron chi connectivity index (χ0n) is 10.8. The van der Waals surface area contributed by atoms with Crippen LogP contribution in [0.1, 0.15) is 18.4 Å². The average molecular weight is 245 g/mol. The fourth-order valence-electron chi connectivity index (χ4n) is 3.05. The fourth-order valence-corrected chi connectivity index (χ4v) is 3.05. The van der Waals surface area contributed by atoms with Gasteiger partial charge in [0.25, 0.3) is 0 Å². The molecule has 1 aliphatic heterocycles. The summed E-state index contributed by atoms with van der Waals surface area (Å²) < 4.78 is 0. The van der Waals surface area contributed by atoms with Crippen LogP contribution in [0.4, 0.5) is 0 Å². The summed E-state index contributed by atoms with van der Waals surface area (Å²) in [5, 5.41) is 5.32. The second-order valence-electron chi connectivity index (χ2n) is 5.12. The third-order valence-corrected chi connectivity index (χ3v) is 3.95. The van der Waals surface area contributed by atoms with Gasteiger partial charge in [0.2, 0.25) is 0 Å². The van der Waals surface area contributed by atoms with Gasteiger partial charge in [0.05, 0.1) is 0 Å². The highest BCUT2D eigenvalue weighted by Crippen LogP contribution is 2.30. The SMILES string of the molecule is c1ccc2c(c1)cc(C1=NCCC1)c1ccccc12. The molecule has 0 fully saturated rings. The van der Waals surface area contributed by atoms with Crippen LogP contribution in [0.15, 0.2) is 59.6 Å². The molecule has 0 saturated carbocycles. The van der Waals surface area contributed by atoms with E-state index < -0.39 is 0 Å². The first-order valence-electron chi connectivity index (χ1n) is 6.88. The van der Waals surface area contributed by atoms with Gasteiger partial charge in [-0.15, -0.1) is 0 Å². The predicted molar refractivity (Wildman–Crippen MR) is 82.1 cm³/mol. The summed E-state index contributed by atoms with van der Waals surface area (Å²) in [5.41, 5.74) is 2.61. The van der Waals surface area contributed by atoms with Crippen molar-refractivity contribution in [3.63, 3.8) is 0 Å².